The summed E-state index contributed by atoms with van der Waals surface area (Å²) in [5, 5.41) is 12.0. The number of thioether (sulfide) groups is 1. The van der Waals surface area contributed by atoms with Gasteiger partial charge in [0.1, 0.15) is 6.04 Å². The van der Waals surface area contributed by atoms with Gasteiger partial charge in [0, 0.05) is 52.7 Å². The van der Waals surface area contributed by atoms with Crippen LogP contribution in [0, 0.1) is 5.92 Å². The summed E-state index contributed by atoms with van der Waals surface area (Å²) in [6.07, 6.45) is 0.611. The highest BCUT2D eigenvalue weighted by molar-refractivity contribution is 8.00. The second kappa shape index (κ2) is 16.2. The lowest BCUT2D eigenvalue weighted by atomic mass is 9.83. The number of hydrogen-bond acceptors (Lipinski definition) is 8. The molecule has 0 saturated carbocycles. The minimum atomic E-state index is -1.36. The molecule has 0 saturated heterocycles. The molecule has 13 heteroatoms. The van der Waals surface area contributed by atoms with Crippen molar-refractivity contribution in [1.29, 1.82) is 0 Å². The molecule has 6 amide bonds. The number of amides is 6. The molecule has 0 fully saturated rings. The fourth-order valence-electron chi connectivity index (χ4n) is 3.99. The molecule has 0 spiro atoms. The lowest BCUT2D eigenvalue weighted by Gasteiger charge is -2.42. The molecule has 0 rings (SSSR count). The van der Waals surface area contributed by atoms with Gasteiger partial charge in [-0.3, -0.25) is 24.5 Å². The molecule has 1 unspecified atom stereocenters. The highest BCUT2D eigenvalue weighted by Crippen LogP contribution is 2.28. The number of likely N-dealkylation sites (N-methyl/N-ethyl adjacent to an activating group) is 2. The number of rotatable bonds is 16. The van der Waals surface area contributed by atoms with Crippen molar-refractivity contribution in [2.45, 2.75) is 89.8 Å². The molecule has 3 atom stereocenters. The van der Waals surface area contributed by atoms with Crippen LogP contribution in [0.3, 0.4) is 0 Å². The molecule has 4 N–H and O–H groups in total. The Morgan fingerprint density at radius 2 is 1.52 bits per heavy atom. The van der Waals surface area contributed by atoms with Crippen molar-refractivity contribution in [3.63, 3.8) is 0 Å². The molecule has 0 radical (unpaired) electrons. The van der Waals surface area contributed by atoms with Crippen molar-refractivity contribution in [2.75, 3.05) is 47.5 Å². The number of nitrogens with one attached hydrogen (secondary N) is 1. The van der Waals surface area contributed by atoms with Gasteiger partial charge in [0.2, 0.25) is 11.8 Å². The van der Waals surface area contributed by atoms with Crippen LogP contribution in [0.2, 0.25) is 0 Å². The van der Waals surface area contributed by atoms with E-state index in [1.54, 1.807) is 14.0 Å². The quantitative estimate of drug-likeness (QED) is 0.228. The second-order valence-corrected chi connectivity index (χ2v) is 13.0. The van der Waals surface area contributed by atoms with Crippen molar-refractivity contribution in [3.05, 3.63) is 0 Å². The minimum Gasteiger partial charge on any atom is -0.390 e. The molecule has 232 valence electrons. The van der Waals surface area contributed by atoms with Crippen LogP contribution < -0.4 is 11.1 Å². The van der Waals surface area contributed by atoms with Crippen molar-refractivity contribution in [1.82, 2.24) is 24.9 Å². The van der Waals surface area contributed by atoms with Crippen LogP contribution in [-0.4, -0.2) is 124 Å². The van der Waals surface area contributed by atoms with E-state index in [9.17, 15) is 29.1 Å². The SMILES string of the molecule is CCCC(=O)N(C)[C@@H](SCCN(C)C)C(=O)N(C)[C@@H](CC(C)(C)O)C(=O)NC(=O)N(C)C(C)(CC(N)=O)C(C)C. The first-order valence-corrected chi connectivity index (χ1v) is 14.6. The van der Waals surface area contributed by atoms with Crippen LogP contribution in [0.15, 0.2) is 0 Å². The van der Waals surface area contributed by atoms with Gasteiger partial charge >= 0.3 is 6.03 Å². The van der Waals surface area contributed by atoms with Gasteiger partial charge in [-0.15, -0.1) is 11.8 Å². The molecule has 12 nitrogen and oxygen atoms in total. The first-order chi connectivity index (χ1) is 18.2. The summed E-state index contributed by atoms with van der Waals surface area (Å²) < 4.78 is 0. The standard InChI is InChI=1S/C27H52N6O6S/c1-12-13-21(35)32(10)24(40-15-14-30(7)8)23(37)31(9)19(16-26(4,5)39)22(36)29-25(38)33(11)27(6,18(2)3)17-20(28)34/h18-19,24,39H,12-17H2,1-11H3,(H2,28,34)(H,29,36,38)/t19-,24-,27?/m0/s1. The number of primary amides is 1. The number of nitrogens with zero attached hydrogens (tertiary/aromatic N) is 4. The van der Waals surface area contributed by atoms with E-state index in [1.807, 2.05) is 39.8 Å². The maximum absolute atomic E-state index is 13.8. The molecule has 0 heterocycles. The monoisotopic (exact) mass is 588 g/mol. The van der Waals surface area contributed by atoms with Crippen LogP contribution in [0.25, 0.3) is 0 Å². The molecule has 0 aliphatic heterocycles. The van der Waals surface area contributed by atoms with Crippen LogP contribution >= 0.6 is 11.8 Å². The van der Waals surface area contributed by atoms with E-state index in [-0.39, 0.29) is 31.1 Å². The number of urea groups is 1. The third-order valence-corrected chi connectivity index (χ3v) is 8.37. The van der Waals surface area contributed by atoms with Crippen molar-refractivity contribution >= 4 is 41.4 Å². The van der Waals surface area contributed by atoms with E-state index in [1.165, 1.54) is 54.4 Å². The van der Waals surface area contributed by atoms with Crippen molar-refractivity contribution < 1.29 is 29.1 Å². The lowest BCUT2D eigenvalue weighted by molar-refractivity contribution is -0.145. The van der Waals surface area contributed by atoms with Gasteiger partial charge in [-0.1, -0.05) is 20.8 Å². The fraction of sp³-hybridized carbons (Fsp3) is 0.815. The van der Waals surface area contributed by atoms with E-state index in [2.05, 4.69) is 5.32 Å². The number of hydrogen-bond donors (Lipinski definition) is 3. The van der Waals surface area contributed by atoms with E-state index < -0.39 is 46.3 Å². The van der Waals surface area contributed by atoms with E-state index in [4.69, 9.17) is 5.73 Å². The molecule has 0 aromatic carbocycles. The zero-order chi connectivity index (χ0) is 31.6. The van der Waals surface area contributed by atoms with E-state index >= 15 is 0 Å². The van der Waals surface area contributed by atoms with Crippen LogP contribution in [-0.2, 0) is 19.2 Å². The Morgan fingerprint density at radius 3 is 1.95 bits per heavy atom. The zero-order valence-corrected chi connectivity index (χ0v) is 27.1. The third-order valence-electron chi connectivity index (χ3n) is 7.12. The number of imide groups is 1. The molecule has 40 heavy (non-hydrogen) atoms. The number of carbonyl (C=O) groups is 5. The first kappa shape index (κ1) is 37.6. The summed E-state index contributed by atoms with van der Waals surface area (Å²) >= 11 is 1.29. The summed E-state index contributed by atoms with van der Waals surface area (Å²) in [4.78, 5) is 70.7. The average Bonchev–Trinajstić information content (AvgIpc) is 2.82. The molecule has 0 aromatic heterocycles. The Balaban J connectivity index is 6.18. The lowest BCUT2D eigenvalue weighted by Crippen LogP contribution is -2.60. The molecular formula is C27H52N6O6S. The number of carbonyl (C=O) groups excluding carboxylic acids is 5. The van der Waals surface area contributed by atoms with Crippen molar-refractivity contribution in [3.8, 4) is 0 Å². The van der Waals surface area contributed by atoms with Gasteiger partial charge in [-0.2, -0.15) is 0 Å². The predicted molar refractivity (Wildman–Crippen MR) is 158 cm³/mol. The van der Waals surface area contributed by atoms with Gasteiger partial charge in [0.15, 0.2) is 5.37 Å². The maximum Gasteiger partial charge on any atom is 0.324 e. The molecule has 0 bridgehead atoms. The van der Waals surface area contributed by atoms with Crippen LogP contribution in [0.4, 0.5) is 4.79 Å². The smallest absolute Gasteiger partial charge is 0.324 e. The third kappa shape index (κ3) is 11.6. The van der Waals surface area contributed by atoms with Gasteiger partial charge < -0.3 is 30.4 Å². The number of aliphatic hydroxyl groups is 1. The summed E-state index contributed by atoms with van der Waals surface area (Å²) in [5.41, 5.74) is 3.09. The average molecular weight is 589 g/mol. The maximum atomic E-state index is 13.8. The molecule has 0 aliphatic rings. The van der Waals surface area contributed by atoms with E-state index in [0.29, 0.717) is 18.7 Å². The Morgan fingerprint density at radius 1 is 0.975 bits per heavy atom. The molecule has 0 aromatic rings. The Hall–Kier alpha value is -2.38. The first-order valence-electron chi connectivity index (χ1n) is 13.6. The van der Waals surface area contributed by atoms with Crippen LogP contribution in [0.5, 0.6) is 0 Å². The van der Waals surface area contributed by atoms with Crippen LogP contribution in [0.1, 0.15) is 67.2 Å². The fourth-order valence-corrected chi connectivity index (χ4v) is 5.33. The van der Waals surface area contributed by atoms with E-state index in [0.717, 1.165) is 0 Å². The van der Waals surface area contributed by atoms with Crippen molar-refractivity contribution in [2.24, 2.45) is 11.7 Å². The Labute approximate surface area is 244 Å². The van der Waals surface area contributed by atoms with Gasteiger partial charge in [-0.25, -0.2) is 4.79 Å². The van der Waals surface area contributed by atoms with Gasteiger partial charge in [0.25, 0.3) is 11.8 Å². The summed E-state index contributed by atoms with van der Waals surface area (Å²) in [5.74, 6) is -1.69. The summed E-state index contributed by atoms with van der Waals surface area (Å²) in [7, 11) is 8.26. The molecule has 0 aliphatic carbocycles. The topological polar surface area (TPSA) is 157 Å². The largest absolute Gasteiger partial charge is 0.390 e. The normalized spacial score (nSPS) is 14.8. The predicted octanol–water partition coefficient (Wildman–Crippen LogP) is 1.31. The zero-order valence-electron chi connectivity index (χ0n) is 26.2. The summed E-state index contributed by atoms with van der Waals surface area (Å²) in [6, 6.07) is -1.99. The Bertz CT molecular complexity index is 893. The highest BCUT2D eigenvalue weighted by atomic mass is 32.2. The van der Waals surface area contributed by atoms with Gasteiger partial charge in [-0.05, 0) is 47.2 Å². The minimum absolute atomic E-state index is 0.113. The second-order valence-electron chi connectivity index (χ2n) is 11.8. The summed E-state index contributed by atoms with van der Waals surface area (Å²) in [6.45, 7) is 10.9. The Kier molecular flexibility index (Phi) is 15.2. The highest BCUT2D eigenvalue weighted by Gasteiger charge is 2.41. The van der Waals surface area contributed by atoms with Gasteiger partial charge in [0.05, 0.1) is 11.1 Å². The molecular weight excluding hydrogens is 536 g/mol. The number of nitrogens with two attached hydrogens (primary N) is 1.